The highest BCUT2D eigenvalue weighted by Crippen LogP contribution is 2.33. The molecule has 1 heterocycles. The van der Waals surface area contributed by atoms with Gasteiger partial charge >= 0.3 is 0 Å². The Morgan fingerprint density at radius 2 is 2.00 bits per heavy atom. The summed E-state index contributed by atoms with van der Waals surface area (Å²) in [7, 11) is 0. The maximum absolute atomic E-state index is 6.10. The number of nitrogens with zero attached hydrogens (tertiary/aromatic N) is 2. The van der Waals surface area contributed by atoms with Crippen molar-refractivity contribution in [3.8, 4) is 11.4 Å². The molecule has 1 aromatic heterocycles. The van der Waals surface area contributed by atoms with E-state index in [4.69, 9.17) is 28.9 Å². The number of imidazole rings is 1. The fourth-order valence-corrected chi connectivity index (χ4v) is 2.69. The zero-order valence-electron chi connectivity index (χ0n) is 10.9. The summed E-state index contributed by atoms with van der Waals surface area (Å²) in [4.78, 5) is 4.66. The molecular weight excluding hydrogens is 293 g/mol. The Morgan fingerprint density at radius 1 is 1.20 bits per heavy atom. The van der Waals surface area contributed by atoms with Gasteiger partial charge in [-0.2, -0.15) is 0 Å². The van der Waals surface area contributed by atoms with Crippen LogP contribution in [0.1, 0.15) is 6.92 Å². The van der Waals surface area contributed by atoms with Gasteiger partial charge in [0.05, 0.1) is 21.7 Å². The van der Waals surface area contributed by atoms with E-state index in [1.54, 1.807) is 6.07 Å². The molecule has 0 saturated heterocycles. The van der Waals surface area contributed by atoms with Crippen molar-refractivity contribution in [2.45, 2.75) is 13.5 Å². The molecule has 3 aromatic rings. The summed E-state index contributed by atoms with van der Waals surface area (Å²) in [5.74, 6) is 0.810. The van der Waals surface area contributed by atoms with E-state index in [1.165, 1.54) is 0 Å². The minimum Gasteiger partial charge on any atom is -0.397 e. The van der Waals surface area contributed by atoms with Crippen molar-refractivity contribution in [3.63, 3.8) is 0 Å². The summed E-state index contributed by atoms with van der Waals surface area (Å²) >= 11 is 12.2. The second-order valence-corrected chi connectivity index (χ2v) is 5.36. The SMILES string of the molecule is CCn1c(-c2cccc(Cl)c2N)nc2ccc(Cl)cc21. The van der Waals surface area contributed by atoms with Crippen LogP contribution in [-0.2, 0) is 6.54 Å². The van der Waals surface area contributed by atoms with Crippen molar-refractivity contribution in [2.24, 2.45) is 0 Å². The first-order valence-electron chi connectivity index (χ1n) is 6.32. The fraction of sp³-hybridized carbons (Fsp3) is 0.133. The van der Waals surface area contributed by atoms with Gasteiger partial charge in [-0.15, -0.1) is 0 Å². The lowest BCUT2D eigenvalue weighted by molar-refractivity contribution is 0.796. The van der Waals surface area contributed by atoms with Crippen LogP contribution in [0.5, 0.6) is 0 Å². The molecule has 0 unspecified atom stereocenters. The first kappa shape index (κ1) is 13.3. The van der Waals surface area contributed by atoms with Gasteiger partial charge in [0.2, 0.25) is 0 Å². The summed E-state index contributed by atoms with van der Waals surface area (Å²) < 4.78 is 2.09. The maximum Gasteiger partial charge on any atom is 0.143 e. The summed E-state index contributed by atoms with van der Waals surface area (Å²) in [6.45, 7) is 2.84. The minimum absolute atomic E-state index is 0.537. The molecule has 0 bridgehead atoms. The summed E-state index contributed by atoms with van der Waals surface area (Å²) in [5.41, 5.74) is 9.35. The van der Waals surface area contributed by atoms with Crippen molar-refractivity contribution >= 4 is 39.9 Å². The van der Waals surface area contributed by atoms with Crippen LogP contribution in [0.2, 0.25) is 10.0 Å². The molecule has 0 aliphatic carbocycles. The van der Waals surface area contributed by atoms with Gasteiger partial charge in [0.1, 0.15) is 5.82 Å². The standard InChI is InChI=1S/C15H13Cl2N3/c1-2-20-13-8-9(16)6-7-12(13)19-15(20)10-4-3-5-11(17)14(10)18/h3-8H,2,18H2,1H3. The van der Waals surface area contributed by atoms with Crippen LogP contribution >= 0.6 is 23.2 Å². The van der Waals surface area contributed by atoms with Crippen molar-refractivity contribution in [1.29, 1.82) is 0 Å². The third-order valence-corrected chi connectivity index (χ3v) is 3.89. The molecule has 0 spiro atoms. The van der Waals surface area contributed by atoms with E-state index >= 15 is 0 Å². The van der Waals surface area contributed by atoms with Crippen LogP contribution in [0.25, 0.3) is 22.4 Å². The van der Waals surface area contributed by atoms with Crippen molar-refractivity contribution in [3.05, 3.63) is 46.4 Å². The number of para-hydroxylation sites is 1. The van der Waals surface area contributed by atoms with E-state index < -0.39 is 0 Å². The molecule has 5 heteroatoms. The molecule has 3 nitrogen and oxygen atoms in total. The summed E-state index contributed by atoms with van der Waals surface area (Å²) in [6, 6.07) is 11.2. The van der Waals surface area contributed by atoms with Gasteiger partial charge < -0.3 is 10.3 Å². The molecule has 0 aliphatic heterocycles. The number of nitrogen functional groups attached to an aromatic ring is 1. The van der Waals surface area contributed by atoms with Crippen LogP contribution in [0.15, 0.2) is 36.4 Å². The highest BCUT2D eigenvalue weighted by molar-refractivity contribution is 6.33. The number of aromatic nitrogens is 2. The number of nitrogens with two attached hydrogens (primary N) is 1. The highest BCUT2D eigenvalue weighted by Gasteiger charge is 2.15. The number of hydrogen-bond acceptors (Lipinski definition) is 2. The Kier molecular flexibility index (Phi) is 3.32. The predicted octanol–water partition coefficient (Wildman–Crippen LogP) is 4.61. The molecule has 102 valence electrons. The second kappa shape index (κ2) is 5.00. The Morgan fingerprint density at radius 3 is 2.75 bits per heavy atom. The average molecular weight is 306 g/mol. The summed E-state index contributed by atoms with van der Waals surface area (Å²) in [6.07, 6.45) is 0. The number of halogens is 2. The summed E-state index contributed by atoms with van der Waals surface area (Å²) in [5, 5.41) is 1.23. The Hall–Kier alpha value is -1.71. The fourth-order valence-electron chi connectivity index (χ4n) is 2.35. The number of hydrogen-bond donors (Lipinski definition) is 1. The Balaban J connectivity index is 2.33. The molecule has 0 saturated carbocycles. The lowest BCUT2D eigenvalue weighted by atomic mass is 10.1. The Bertz CT molecular complexity index is 793. The highest BCUT2D eigenvalue weighted by atomic mass is 35.5. The molecule has 0 atom stereocenters. The number of rotatable bonds is 2. The Labute approximate surface area is 126 Å². The number of aryl methyl sites for hydroxylation is 1. The zero-order chi connectivity index (χ0) is 14.3. The van der Waals surface area contributed by atoms with E-state index in [2.05, 4.69) is 16.5 Å². The normalized spacial score (nSPS) is 11.2. The molecular formula is C15H13Cl2N3. The van der Waals surface area contributed by atoms with Crippen LogP contribution in [0, 0.1) is 0 Å². The van der Waals surface area contributed by atoms with Gasteiger partial charge in [0.15, 0.2) is 0 Å². The lowest BCUT2D eigenvalue weighted by Gasteiger charge is -2.09. The number of benzene rings is 2. The van der Waals surface area contributed by atoms with E-state index in [1.807, 2.05) is 30.3 Å². The maximum atomic E-state index is 6.10. The first-order chi connectivity index (χ1) is 9.61. The molecule has 2 N–H and O–H groups in total. The zero-order valence-corrected chi connectivity index (χ0v) is 12.4. The van der Waals surface area contributed by atoms with Crippen LogP contribution in [0.4, 0.5) is 5.69 Å². The van der Waals surface area contributed by atoms with Crippen molar-refractivity contribution < 1.29 is 0 Å². The van der Waals surface area contributed by atoms with Gasteiger partial charge in [-0.25, -0.2) is 4.98 Å². The van der Waals surface area contributed by atoms with Gasteiger partial charge in [-0.3, -0.25) is 0 Å². The monoisotopic (exact) mass is 305 g/mol. The molecule has 20 heavy (non-hydrogen) atoms. The molecule has 0 radical (unpaired) electrons. The minimum atomic E-state index is 0.537. The molecule has 0 amide bonds. The average Bonchev–Trinajstić information content (AvgIpc) is 2.79. The molecule has 3 rings (SSSR count). The van der Waals surface area contributed by atoms with Gasteiger partial charge in [0, 0.05) is 17.1 Å². The third-order valence-electron chi connectivity index (χ3n) is 3.32. The van der Waals surface area contributed by atoms with Crippen LogP contribution in [-0.4, -0.2) is 9.55 Å². The molecule has 0 aliphatic rings. The van der Waals surface area contributed by atoms with Crippen LogP contribution < -0.4 is 5.73 Å². The predicted molar refractivity (Wildman–Crippen MR) is 85.3 cm³/mol. The van der Waals surface area contributed by atoms with Gasteiger partial charge in [-0.1, -0.05) is 29.3 Å². The van der Waals surface area contributed by atoms with Crippen molar-refractivity contribution in [2.75, 3.05) is 5.73 Å². The molecule has 0 fully saturated rings. The second-order valence-electron chi connectivity index (χ2n) is 4.51. The smallest absolute Gasteiger partial charge is 0.143 e. The van der Waals surface area contributed by atoms with E-state index in [-0.39, 0.29) is 0 Å². The quantitative estimate of drug-likeness (QED) is 0.702. The first-order valence-corrected chi connectivity index (χ1v) is 7.07. The topological polar surface area (TPSA) is 43.8 Å². The lowest BCUT2D eigenvalue weighted by Crippen LogP contribution is -2.00. The third kappa shape index (κ3) is 2.03. The van der Waals surface area contributed by atoms with Gasteiger partial charge in [0.25, 0.3) is 0 Å². The van der Waals surface area contributed by atoms with Gasteiger partial charge in [-0.05, 0) is 37.3 Å². The van der Waals surface area contributed by atoms with E-state index in [0.29, 0.717) is 15.7 Å². The van der Waals surface area contributed by atoms with Crippen molar-refractivity contribution in [1.82, 2.24) is 9.55 Å². The largest absolute Gasteiger partial charge is 0.397 e. The molecule has 2 aromatic carbocycles. The number of fused-ring (bicyclic) bond motifs is 1. The van der Waals surface area contributed by atoms with Crippen LogP contribution in [0.3, 0.4) is 0 Å². The van der Waals surface area contributed by atoms with E-state index in [0.717, 1.165) is 29.0 Å². The number of anilines is 1. The van der Waals surface area contributed by atoms with E-state index in [9.17, 15) is 0 Å².